The number of nitrogens with zero attached hydrogens (tertiary/aromatic N) is 2. The third-order valence-corrected chi connectivity index (χ3v) is 2.81. The smallest absolute Gasteiger partial charge is 0.308 e. The molecule has 0 amide bonds. The highest BCUT2D eigenvalue weighted by molar-refractivity contribution is 5.71. The number of rotatable bonds is 4. The molecule has 0 saturated carbocycles. The minimum atomic E-state index is -0.678. The van der Waals surface area contributed by atoms with Crippen LogP contribution in [0, 0.1) is 12.8 Å². The Bertz CT molecular complexity index is 373. The lowest BCUT2D eigenvalue weighted by molar-refractivity contribution is -0.145. The largest absolute Gasteiger partial charge is 0.469 e. The SMILES string of the molecule is COC(=O)C(C)CC(O)c1cnn(C)c1C. The van der Waals surface area contributed by atoms with E-state index in [0.29, 0.717) is 6.42 Å². The Labute approximate surface area is 95.0 Å². The zero-order chi connectivity index (χ0) is 12.3. The molecule has 5 nitrogen and oxygen atoms in total. The average molecular weight is 226 g/mol. The van der Waals surface area contributed by atoms with E-state index in [2.05, 4.69) is 9.84 Å². The van der Waals surface area contributed by atoms with Crippen molar-refractivity contribution in [3.05, 3.63) is 17.5 Å². The quantitative estimate of drug-likeness (QED) is 0.777. The summed E-state index contributed by atoms with van der Waals surface area (Å²) in [5, 5.41) is 14.0. The van der Waals surface area contributed by atoms with Gasteiger partial charge in [-0.2, -0.15) is 5.10 Å². The van der Waals surface area contributed by atoms with Gasteiger partial charge in [-0.05, 0) is 13.3 Å². The van der Waals surface area contributed by atoms with E-state index in [0.717, 1.165) is 11.3 Å². The number of ether oxygens (including phenoxy) is 1. The van der Waals surface area contributed by atoms with Gasteiger partial charge in [0.1, 0.15) is 0 Å². The van der Waals surface area contributed by atoms with Crippen LogP contribution in [-0.2, 0) is 16.6 Å². The number of aliphatic hydroxyl groups is 1. The summed E-state index contributed by atoms with van der Waals surface area (Å²) in [7, 11) is 3.16. The number of carbonyl (C=O) groups excluding carboxylic acids is 1. The lowest BCUT2D eigenvalue weighted by atomic mass is 9.99. The molecule has 0 spiro atoms. The summed E-state index contributed by atoms with van der Waals surface area (Å²) >= 11 is 0. The first kappa shape index (κ1) is 12.7. The predicted octanol–water partition coefficient (Wildman–Crippen LogP) is 0.961. The lowest BCUT2D eigenvalue weighted by Gasteiger charge is -2.14. The van der Waals surface area contributed by atoms with Gasteiger partial charge in [-0.25, -0.2) is 0 Å². The van der Waals surface area contributed by atoms with E-state index >= 15 is 0 Å². The molecule has 5 heteroatoms. The van der Waals surface area contributed by atoms with Crippen LogP contribution in [0.25, 0.3) is 0 Å². The number of esters is 1. The highest BCUT2D eigenvalue weighted by Gasteiger charge is 2.21. The fourth-order valence-corrected chi connectivity index (χ4v) is 1.60. The summed E-state index contributed by atoms with van der Waals surface area (Å²) in [6.07, 6.45) is 1.30. The molecule has 16 heavy (non-hydrogen) atoms. The molecule has 0 aliphatic carbocycles. The van der Waals surface area contributed by atoms with Gasteiger partial charge >= 0.3 is 5.97 Å². The lowest BCUT2D eigenvalue weighted by Crippen LogP contribution is -2.16. The number of hydrogen-bond acceptors (Lipinski definition) is 4. The van der Waals surface area contributed by atoms with Gasteiger partial charge in [-0.15, -0.1) is 0 Å². The average Bonchev–Trinajstić information content (AvgIpc) is 2.58. The maximum absolute atomic E-state index is 11.2. The summed E-state index contributed by atoms with van der Waals surface area (Å²) in [6.45, 7) is 3.62. The number of hydrogen-bond donors (Lipinski definition) is 1. The van der Waals surface area contributed by atoms with E-state index in [1.54, 1.807) is 17.8 Å². The normalized spacial score (nSPS) is 14.6. The number of methoxy groups -OCH3 is 1. The van der Waals surface area contributed by atoms with Gasteiger partial charge in [-0.1, -0.05) is 6.92 Å². The molecule has 1 N–H and O–H groups in total. The molecule has 1 heterocycles. The molecular formula is C11H18N2O3. The van der Waals surface area contributed by atoms with E-state index in [9.17, 15) is 9.90 Å². The summed E-state index contributed by atoms with van der Waals surface area (Å²) in [5.74, 6) is -0.625. The van der Waals surface area contributed by atoms with Crippen LogP contribution in [0.4, 0.5) is 0 Å². The van der Waals surface area contributed by atoms with Crippen molar-refractivity contribution in [3.63, 3.8) is 0 Å². The van der Waals surface area contributed by atoms with Crippen LogP contribution in [0.5, 0.6) is 0 Å². The second kappa shape index (κ2) is 5.12. The van der Waals surface area contributed by atoms with Crippen molar-refractivity contribution in [1.82, 2.24) is 9.78 Å². The monoisotopic (exact) mass is 226 g/mol. The summed E-state index contributed by atoms with van der Waals surface area (Å²) < 4.78 is 6.31. The van der Waals surface area contributed by atoms with Crippen LogP contribution in [-0.4, -0.2) is 28.0 Å². The van der Waals surface area contributed by atoms with Crippen molar-refractivity contribution in [3.8, 4) is 0 Å². The molecule has 0 saturated heterocycles. The molecule has 0 aliphatic rings. The van der Waals surface area contributed by atoms with Crippen molar-refractivity contribution in [2.45, 2.75) is 26.4 Å². The van der Waals surface area contributed by atoms with Gasteiger partial charge in [0, 0.05) is 18.3 Å². The molecular weight excluding hydrogens is 208 g/mol. The Balaban J connectivity index is 2.69. The van der Waals surface area contributed by atoms with Crippen molar-refractivity contribution in [2.24, 2.45) is 13.0 Å². The third-order valence-electron chi connectivity index (χ3n) is 2.81. The van der Waals surface area contributed by atoms with E-state index in [1.165, 1.54) is 7.11 Å². The van der Waals surface area contributed by atoms with E-state index < -0.39 is 6.10 Å². The number of carbonyl (C=O) groups is 1. The summed E-state index contributed by atoms with van der Waals surface area (Å²) in [6, 6.07) is 0. The van der Waals surface area contributed by atoms with Crippen LogP contribution in [0.3, 0.4) is 0 Å². The standard InChI is InChI=1S/C11H18N2O3/c1-7(11(15)16-4)5-10(14)9-6-12-13(3)8(9)2/h6-7,10,14H,5H2,1-4H3. The molecule has 1 aromatic rings. The van der Waals surface area contributed by atoms with Gasteiger partial charge in [0.15, 0.2) is 0 Å². The van der Waals surface area contributed by atoms with Crippen molar-refractivity contribution in [2.75, 3.05) is 7.11 Å². The van der Waals surface area contributed by atoms with E-state index in [1.807, 2.05) is 14.0 Å². The Morgan fingerprint density at radius 3 is 2.75 bits per heavy atom. The Hall–Kier alpha value is -1.36. The van der Waals surface area contributed by atoms with Crippen LogP contribution in [0.1, 0.15) is 30.7 Å². The van der Waals surface area contributed by atoms with Gasteiger partial charge in [0.05, 0.1) is 25.3 Å². The van der Waals surface area contributed by atoms with Crippen molar-refractivity contribution in [1.29, 1.82) is 0 Å². The summed E-state index contributed by atoms with van der Waals surface area (Å²) in [5.41, 5.74) is 1.67. The number of aliphatic hydroxyl groups excluding tert-OH is 1. The molecule has 2 atom stereocenters. The van der Waals surface area contributed by atoms with Gasteiger partial charge in [0.2, 0.25) is 0 Å². The Morgan fingerprint density at radius 1 is 1.69 bits per heavy atom. The molecule has 0 aromatic carbocycles. The first-order valence-corrected chi connectivity index (χ1v) is 5.21. The van der Waals surface area contributed by atoms with Crippen LogP contribution < -0.4 is 0 Å². The van der Waals surface area contributed by atoms with Gasteiger partial charge in [0.25, 0.3) is 0 Å². The highest BCUT2D eigenvalue weighted by Crippen LogP contribution is 2.23. The fraction of sp³-hybridized carbons (Fsp3) is 0.636. The minimum Gasteiger partial charge on any atom is -0.469 e. The third kappa shape index (κ3) is 2.61. The predicted molar refractivity (Wildman–Crippen MR) is 58.7 cm³/mol. The fourth-order valence-electron chi connectivity index (χ4n) is 1.60. The van der Waals surface area contributed by atoms with Crippen LogP contribution in [0.2, 0.25) is 0 Å². The molecule has 0 bridgehead atoms. The molecule has 0 radical (unpaired) electrons. The zero-order valence-corrected chi connectivity index (χ0v) is 10.1. The minimum absolute atomic E-state index is 0.305. The Morgan fingerprint density at radius 2 is 2.31 bits per heavy atom. The second-order valence-electron chi connectivity index (χ2n) is 3.98. The van der Waals surface area contributed by atoms with Crippen molar-refractivity contribution < 1.29 is 14.6 Å². The van der Waals surface area contributed by atoms with Crippen LogP contribution >= 0.6 is 0 Å². The molecule has 0 fully saturated rings. The first-order chi connectivity index (χ1) is 7.47. The zero-order valence-electron chi connectivity index (χ0n) is 10.1. The van der Waals surface area contributed by atoms with E-state index in [-0.39, 0.29) is 11.9 Å². The highest BCUT2D eigenvalue weighted by atomic mass is 16.5. The number of aromatic nitrogens is 2. The topological polar surface area (TPSA) is 64.3 Å². The molecule has 2 unspecified atom stereocenters. The molecule has 1 aromatic heterocycles. The molecule has 0 aliphatic heterocycles. The molecule has 1 rings (SSSR count). The first-order valence-electron chi connectivity index (χ1n) is 5.21. The number of aryl methyl sites for hydroxylation is 1. The van der Waals surface area contributed by atoms with E-state index in [4.69, 9.17) is 0 Å². The van der Waals surface area contributed by atoms with Crippen molar-refractivity contribution >= 4 is 5.97 Å². The molecule has 90 valence electrons. The maximum Gasteiger partial charge on any atom is 0.308 e. The van der Waals surface area contributed by atoms with Crippen LogP contribution in [0.15, 0.2) is 6.20 Å². The Kier molecular flexibility index (Phi) is 4.06. The summed E-state index contributed by atoms with van der Waals surface area (Å²) in [4.78, 5) is 11.2. The second-order valence-corrected chi connectivity index (χ2v) is 3.98. The maximum atomic E-state index is 11.2. The van der Waals surface area contributed by atoms with Gasteiger partial charge in [-0.3, -0.25) is 9.48 Å². The van der Waals surface area contributed by atoms with Gasteiger partial charge < -0.3 is 9.84 Å².